The summed E-state index contributed by atoms with van der Waals surface area (Å²) in [4.78, 5) is 12.3. The average molecular weight is 276 g/mol. The summed E-state index contributed by atoms with van der Waals surface area (Å²) in [6.45, 7) is 0. The minimum atomic E-state index is 0.248. The van der Waals surface area contributed by atoms with E-state index >= 15 is 0 Å². The zero-order chi connectivity index (χ0) is 12.4. The second-order valence-electron chi connectivity index (χ2n) is 4.76. The predicted octanol–water partition coefficient (Wildman–Crippen LogP) is 4.30. The van der Waals surface area contributed by atoms with Gasteiger partial charge in [-0.05, 0) is 41.0 Å². The van der Waals surface area contributed by atoms with E-state index in [0.717, 1.165) is 12.2 Å². The predicted molar refractivity (Wildman–Crippen MR) is 80.6 cm³/mol. The van der Waals surface area contributed by atoms with Gasteiger partial charge in [-0.3, -0.25) is 4.79 Å². The molecular weight excluding hydrogens is 260 g/mol. The molecule has 1 saturated heterocycles. The average Bonchev–Trinajstić information content (AvgIpc) is 2.83. The normalized spacial score (nSPS) is 20.1. The summed E-state index contributed by atoms with van der Waals surface area (Å²) < 4.78 is 1.29. The molecule has 94 valence electrons. The molecule has 0 bridgehead atoms. The first-order chi connectivity index (χ1) is 8.84. The highest BCUT2D eigenvalue weighted by molar-refractivity contribution is 8.00. The Labute approximate surface area is 116 Å². The van der Waals surface area contributed by atoms with Crippen molar-refractivity contribution in [3.63, 3.8) is 0 Å². The van der Waals surface area contributed by atoms with Crippen molar-refractivity contribution in [1.29, 1.82) is 0 Å². The van der Waals surface area contributed by atoms with Crippen molar-refractivity contribution in [2.45, 2.75) is 30.9 Å². The molecule has 3 heteroatoms. The quantitative estimate of drug-likeness (QED) is 0.831. The van der Waals surface area contributed by atoms with Crippen LogP contribution in [0.5, 0.6) is 0 Å². The van der Waals surface area contributed by atoms with E-state index in [9.17, 15) is 4.79 Å². The van der Waals surface area contributed by atoms with Crippen LogP contribution in [0.15, 0.2) is 29.6 Å². The first kappa shape index (κ1) is 12.2. The molecule has 0 amide bonds. The van der Waals surface area contributed by atoms with Gasteiger partial charge < -0.3 is 0 Å². The van der Waals surface area contributed by atoms with E-state index in [0.29, 0.717) is 12.2 Å². The maximum atomic E-state index is 12.3. The maximum absolute atomic E-state index is 12.3. The number of thiophene rings is 1. The molecule has 0 aliphatic carbocycles. The van der Waals surface area contributed by atoms with Crippen LogP contribution in [0.25, 0.3) is 10.1 Å². The van der Waals surface area contributed by atoms with E-state index < -0.39 is 0 Å². The lowest BCUT2D eigenvalue weighted by molar-refractivity contribution is -0.118. The fourth-order valence-electron chi connectivity index (χ4n) is 2.47. The highest BCUT2D eigenvalue weighted by Gasteiger charge is 2.22. The molecule has 1 aliphatic heterocycles. The summed E-state index contributed by atoms with van der Waals surface area (Å²) in [5.41, 5.74) is 1.21. The Bertz CT molecular complexity index is 552. The molecule has 0 N–H and O–H groups in total. The number of hydrogen-bond donors (Lipinski definition) is 0. The van der Waals surface area contributed by atoms with E-state index in [1.807, 2.05) is 11.8 Å². The van der Waals surface area contributed by atoms with Crippen molar-refractivity contribution in [3.8, 4) is 0 Å². The van der Waals surface area contributed by atoms with Crippen LogP contribution in [-0.4, -0.2) is 16.8 Å². The van der Waals surface area contributed by atoms with E-state index in [4.69, 9.17) is 0 Å². The summed E-state index contributed by atoms with van der Waals surface area (Å²) in [6.07, 6.45) is 4.18. The number of rotatable bonds is 3. The summed E-state index contributed by atoms with van der Waals surface area (Å²) in [5, 5.41) is 3.66. The molecule has 1 nitrogen and oxygen atoms in total. The Balaban J connectivity index is 1.77. The second-order valence-corrected chi connectivity index (χ2v) is 6.98. The SMILES string of the molecule is O=C(Cc1csc2ccccc12)C1CCCCS1. The van der Waals surface area contributed by atoms with Gasteiger partial charge in [0.2, 0.25) is 0 Å². The van der Waals surface area contributed by atoms with Crippen LogP contribution >= 0.6 is 23.1 Å². The summed E-state index contributed by atoms with van der Waals surface area (Å²) in [7, 11) is 0. The van der Waals surface area contributed by atoms with Crippen LogP contribution in [0.3, 0.4) is 0 Å². The first-order valence-corrected chi connectivity index (χ1v) is 8.37. The van der Waals surface area contributed by atoms with Gasteiger partial charge in [0.1, 0.15) is 5.78 Å². The molecule has 3 rings (SSSR count). The summed E-state index contributed by atoms with van der Waals surface area (Å²) >= 11 is 3.60. The van der Waals surface area contributed by atoms with Crippen LogP contribution in [0.4, 0.5) is 0 Å². The number of hydrogen-bond acceptors (Lipinski definition) is 3. The Morgan fingerprint density at radius 2 is 2.17 bits per heavy atom. The number of fused-ring (bicyclic) bond motifs is 1. The third kappa shape index (κ3) is 2.47. The lowest BCUT2D eigenvalue weighted by Crippen LogP contribution is -2.22. The standard InChI is InChI=1S/C15H16OS2/c16-13(15-7-3-4-8-17-15)9-11-10-18-14-6-2-1-5-12(11)14/h1-2,5-6,10,15H,3-4,7-9H2. The molecule has 1 aromatic heterocycles. The van der Waals surface area contributed by atoms with Crippen molar-refractivity contribution in [2.75, 3.05) is 5.75 Å². The van der Waals surface area contributed by atoms with Gasteiger partial charge in [-0.15, -0.1) is 11.3 Å². The van der Waals surface area contributed by atoms with Gasteiger partial charge >= 0.3 is 0 Å². The Hall–Kier alpha value is -0.800. The van der Waals surface area contributed by atoms with Crippen LogP contribution in [0, 0.1) is 0 Å². The monoisotopic (exact) mass is 276 g/mol. The number of thioether (sulfide) groups is 1. The van der Waals surface area contributed by atoms with Gasteiger partial charge in [-0.2, -0.15) is 11.8 Å². The molecule has 1 aromatic carbocycles. The minimum Gasteiger partial charge on any atom is -0.298 e. The van der Waals surface area contributed by atoms with Crippen molar-refractivity contribution in [1.82, 2.24) is 0 Å². The zero-order valence-corrected chi connectivity index (χ0v) is 11.9. The van der Waals surface area contributed by atoms with Gasteiger partial charge in [-0.25, -0.2) is 0 Å². The van der Waals surface area contributed by atoms with Crippen LogP contribution in [0.1, 0.15) is 24.8 Å². The van der Waals surface area contributed by atoms with E-state index in [1.165, 1.54) is 28.5 Å². The molecule has 2 aromatic rings. The second kappa shape index (κ2) is 5.45. The fraction of sp³-hybridized carbons (Fsp3) is 0.400. The maximum Gasteiger partial charge on any atom is 0.150 e. The molecule has 0 spiro atoms. The van der Waals surface area contributed by atoms with Crippen LogP contribution in [0.2, 0.25) is 0 Å². The summed E-state index contributed by atoms with van der Waals surface area (Å²) in [5.74, 6) is 1.57. The Kier molecular flexibility index (Phi) is 3.71. The van der Waals surface area contributed by atoms with Gasteiger partial charge in [0.25, 0.3) is 0 Å². The summed E-state index contributed by atoms with van der Waals surface area (Å²) in [6, 6.07) is 8.37. The molecule has 1 aliphatic rings. The smallest absolute Gasteiger partial charge is 0.150 e. The fourth-order valence-corrected chi connectivity index (χ4v) is 4.69. The highest BCUT2D eigenvalue weighted by Crippen LogP contribution is 2.30. The highest BCUT2D eigenvalue weighted by atomic mass is 32.2. The molecule has 0 saturated carbocycles. The number of carbonyl (C=O) groups is 1. The number of Topliss-reactive ketones (excluding diaryl/α,β-unsaturated/α-hetero) is 1. The van der Waals surface area contributed by atoms with Crippen molar-refractivity contribution in [2.24, 2.45) is 0 Å². The lowest BCUT2D eigenvalue weighted by atomic mass is 10.0. The molecular formula is C15H16OS2. The molecule has 1 fully saturated rings. The van der Waals surface area contributed by atoms with Crippen molar-refractivity contribution >= 4 is 39.0 Å². The van der Waals surface area contributed by atoms with Gasteiger partial charge in [-0.1, -0.05) is 24.6 Å². The lowest BCUT2D eigenvalue weighted by Gasteiger charge is -2.19. The molecule has 1 atom stereocenters. The molecule has 18 heavy (non-hydrogen) atoms. The Morgan fingerprint density at radius 3 is 3.00 bits per heavy atom. The van der Waals surface area contributed by atoms with E-state index in [-0.39, 0.29) is 5.25 Å². The molecule has 2 heterocycles. The topological polar surface area (TPSA) is 17.1 Å². The first-order valence-electron chi connectivity index (χ1n) is 6.44. The number of carbonyl (C=O) groups excluding carboxylic acids is 1. The molecule has 1 unspecified atom stereocenters. The zero-order valence-electron chi connectivity index (χ0n) is 10.2. The van der Waals surface area contributed by atoms with E-state index in [1.54, 1.807) is 11.3 Å². The Morgan fingerprint density at radius 1 is 1.28 bits per heavy atom. The third-order valence-electron chi connectivity index (χ3n) is 3.46. The number of benzene rings is 1. The van der Waals surface area contributed by atoms with Crippen LogP contribution in [-0.2, 0) is 11.2 Å². The van der Waals surface area contributed by atoms with Crippen molar-refractivity contribution < 1.29 is 4.79 Å². The van der Waals surface area contributed by atoms with Gasteiger partial charge in [0.15, 0.2) is 0 Å². The van der Waals surface area contributed by atoms with Gasteiger partial charge in [0.05, 0.1) is 5.25 Å². The van der Waals surface area contributed by atoms with E-state index in [2.05, 4.69) is 29.6 Å². The minimum absolute atomic E-state index is 0.248. The van der Waals surface area contributed by atoms with Gasteiger partial charge in [0, 0.05) is 11.1 Å². The number of ketones is 1. The molecule has 0 radical (unpaired) electrons. The van der Waals surface area contributed by atoms with Crippen molar-refractivity contribution in [3.05, 3.63) is 35.2 Å². The van der Waals surface area contributed by atoms with Crippen LogP contribution < -0.4 is 0 Å². The third-order valence-corrected chi connectivity index (χ3v) is 5.90. The largest absolute Gasteiger partial charge is 0.298 e.